The third kappa shape index (κ3) is 5.96. The van der Waals surface area contributed by atoms with E-state index in [4.69, 9.17) is 4.43 Å². The Morgan fingerprint density at radius 1 is 1.18 bits per heavy atom. The molecule has 2 atom stereocenters. The summed E-state index contributed by atoms with van der Waals surface area (Å²) in [5, 5.41) is 2.83. The summed E-state index contributed by atoms with van der Waals surface area (Å²) in [6, 6.07) is 13.4. The van der Waals surface area contributed by atoms with Gasteiger partial charge in [-0.3, -0.25) is 9.78 Å². The first-order valence-electron chi connectivity index (χ1n) is 9.70. The molecule has 0 bridgehead atoms. The first-order chi connectivity index (χ1) is 13.4. The monoisotopic (exact) mass is 466 g/mol. The maximum atomic E-state index is 15.4. The van der Waals surface area contributed by atoms with Crippen LogP contribution in [0.5, 0.6) is 0 Å². The molecule has 0 saturated heterocycles. The van der Waals surface area contributed by atoms with Crippen LogP contribution in [0.3, 0.4) is 0 Å². The average molecular weight is 467 g/mol. The smallest absolute Gasteiger partial charge is 0.252 e. The van der Waals surface area contributed by atoms with Gasteiger partial charge in [0.2, 0.25) is 0 Å². The number of nitrogens with one attached hydrogen (secondary N) is 1. The Morgan fingerprint density at radius 3 is 2.39 bits per heavy atom. The zero-order chi connectivity index (χ0) is 20.6. The van der Waals surface area contributed by atoms with Crippen molar-refractivity contribution < 1.29 is 13.6 Å². The highest BCUT2D eigenvalue weighted by Gasteiger charge is 2.36. The largest absolute Gasteiger partial charge is 0.409 e. The summed E-state index contributed by atoms with van der Waals surface area (Å²) in [5.74, 6) is -0.292. The topological polar surface area (TPSA) is 51.2 Å². The van der Waals surface area contributed by atoms with E-state index in [1.165, 1.54) is 6.20 Å². The molecule has 152 valence electrons. The number of halogens is 2. The van der Waals surface area contributed by atoms with Crippen LogP contribution in [0.1, 0.15) is 42.9 Å². The number of carbonyl (C=O) groups excluding carboxylic acids is 1. The molecule has 0 spiro atoms. The molecule has 0 aliphatic heterocycles. The maximum absolute atomic E-state index is 15.4. The molecule has 2 aromatic rings. The van der Waals surface area contributed by atoms with Crippen molar-refractivity contribution in [2.45, 2.75) is 51.2 Å². The molecule has 0 saturated carbocycles. The Balaban J connectivity index is 2.18. The van der Waals surface area contributed by atoms with Gasteiger partial charge in [0, 0.05) is 23.4 Å². The van der Waals surface area contributed by atoms with E-state index in [9.17, 15) is 4.79 Å². The Labute approximate surface area is 176 Å². The minimum atomic E-state index is -2.05. The van der Waals surface area contributed by atoms with Crippen LogP contribution in [0.2, 0.25) is 18.1 Å². The first-order valence-corrected chi connectivity index (χ1v) is 13.0. The minimum Gasteiger partial charge on any atom is -0.409 e. The van der Waals surface area contributed by atoms with E-state index in [0.29, 0.717) is 11.1 Å². The van der Waals surface area contributed by atoms with Crippen molar-refractivity contribution in [3.8, 4) is 0 Å². The van der Waals surface area contributed by atoms with Crippen LogP contribution in [0.4, 0.5) is 4.39 Å². The fourth-order valence-corrected chi connectivity index (χ4v) is 6.42. The number of benzene rings is 1. The number of hydrogen-bond acceptors (Lipinski definition) is 3. The number of rotatable bonds is 10. The lowest BCUT2D eigenvalue weighted by Crippen LogP contribution is -2.46. The van der Waals surface area contributed by atoms with Gasteiger partial charge in [-0.25, -0.2) is 4.39 Å². The van der Waals surface area contributed by atoms with Crippen molar-refractivity contribution in [3.63, 3.8) is 0 Å². The van der Waals surface area contributed by atoms with Crippen molar-refractivity contribution >= 4 is 30.2 Å². The molecule has 0 aliphatic carbocycles. The van der Waals surface area contributed by atoms with E-state index in [0.717, 1.165) is 22.6 Å². The van der Waals surface area contributed by atoms with Gasteiger partial charge in [-0.05, 0) is 45.7 Å². The van der Waals surface area contributed by atoms with Gasteiger partial charge in [-0.2, -0.15) is 0 Å². The summed E-state index contributed by atoms with van der Waals surface area (Å²) < 4.78 is 22.5. The number of pyridine rings is 1. The highest BCUT2D eigenvalue weighted by Crippen LogP contribution is 2.30. The van der Waals surface area contributed by atoms with E-state index < -0.39 is 20.6 Å². The number of aromatic nitrogens is 1. The summed E-state index contributed by atoms with van der Waals surface area (Å²) in [7, 11) is -2.05. The van der Waals surface area contributed by atoms with Crippen molar-refractivity contribution in [1.29, 1.82) is 0 Å². The highest BCUT2D eigenvalue weighted by molar-refractivity contribution is 9.10. The van der Waals surface area contributed by atoms with Gasteiger partial charge in [0.1, 0.15) is 0 Å². The Bertz CT molecular complexity index is 751. The summed E-state index contributed by atoms with van der Waals surface area (Å²) in [4.78, 5) is 16.5. The van der Waals surface area contributed by atoms with Gasteiger partial charge in [0.05, 0.1) is 11.7 Å². The van der Waals surface area contributed by atoms with E-state index in [-0.39, 0.29) is 12.5 Å². The van der Waals surface area contributed by atoms with Crippen LogP contribution in [-0.2, 0) is 4.43 Å². The molecular formula is C21H28BrFN2O2Si. The Morgan fingerprint density at radius 2 is 1.82 bits per heavy atom. The van der Waals surface area contributed by atoms with Crippen molar-refractivity contribution in [2.24, 2.45) is 0 Å². The molecule has 0 unspecified atom stereocenters. The zero-order valence-electron chi connectivity index (χ0n) is 16.6. The molecule has 2 rings (SSSR count). The van der Waals surface area contributed by atoms with Gasteiger partial charge < -0.3 is 9.74 Å². The summed E-state index contributed by atoms with van der Waals surface area (Å²) in [6.45, 7) is 6.43. The van der Waals surface area contributed by atoms with Crippen LogP contribution < -0.4 is 5.32 Å². The number of alkyl halides is 1. The summed E-state index contributed by atoms with van der Waals surface area (Å²) in [6.07, 6.45) is 1.07. The Hall–Kier alpha value is -1.57. The highest BCUT2D eigenvalue weighted by atomic mass is 79.9. The van der Waals surface area contributed by atoms with E-state index in [2.05, 4.69) is 47.0 Å². The van der Waals surface area contributed by atoms with Crippen LogP contribution in [0, 0.1) is 0 Å². The lowest BCUT2D eigenvalue weighted by Gasteiger charge is -2.35. The van der Waals surface area contributed by atoms with E-state index >= 15 is 4.39 Å². The molecule has 4 nitrogen and oxygen atoms in total. The molecular weight excluding hydrogens is 439 g/mol. The molecule has 0 radical (unpaired) electrons. The quantitative estimate of drug-likeness (QED) is 0.458. The predicted molar refractivity (Wildman–Crippen MR) is 117 cm³/mol. The van der Waals surface area contributed by atoms with Gasteiger partial charge in [-0.1, -0.05) is 51.1 Å². The van der Waals surface area contributed by atoms with Gasteiger partial charge in [0.25, 0.3) is 5.91 Å². The standard InChI is InChI=1S/C21H28BrFN2O2Si/c1-4-28(5-2,6-3)27-19(20(23)16-10-8-7-9-11-16)15-25-21(26)17-12-18(22)14-24-13-17/h7-14,19-20H,4-6,15H2,1-3H3,(H,25,26)/t19-,20+/m1/s1. The van der Waals surface area contributed by atoms with Crippen LogP contribution in [0.15, 0.2) is 53.3 Å². The van der Waals surface area contributed by atoms with Crippen molar-refractivity contribution in [3.05, 3.63) is 64.4 Å². The average Bonchev–Trinajstić information content (AvgIpc) is 2.74. The van der Waals surface area contributed by atoms with E-state index in [1.54, 1.807) is 24.4 Å². The van der Waals surface area contributed by atoms with Crippen LogP contribution in [-0.4, -0.2) is 31.9 Å². The van der Waals surface area contributed by atoms with E-state index in [1.807, 2.05) is 18.2 Å². The number of carbonyl (C=O) groups is 1. The first kappa shape index (κ1) is 22.7. The van der Waals surface area contributed by atoms with Gasteiger partial charge >= 0.3 is 0 Å². The summed E-state index contributed by atoms with van der Waals surface area (Å²) in [5.41, 5.74) is 0.991. The van der Waals surface area contributed by atoms with Gasteiger partial charge in [-0.15, -0.1) is 0 Å². The molecule has 1 heterocycles. The number of nitrogens with zero attached hydrogens (tertiary/aromatic N) is 1. The lowest BCUT2D eigenvalue weighted by atomic mass is 10.1. The van der Waals surface area contributed by atoms with Crippen LogP contribution >= 0.6 is 15.9 Å². The molecule has 1 aromatic carbocycles. The third-order valence-electron chi connectivity index (χ3n) is 5.21. The fourth-order valence-electron chi connectivity index (χ4n) is 3.21. The maximum Gasteiger partial charge on any atom is 0.252 e. The zero-order valence-corrected chi connectivity index (χ0v) is 19.2. The summed E-state index contributed by atoms with van der Waals surface area (Å²) >= 11 is 3.31. The van der Waals surface area contributed by atoms with Crippen molar-refractivity contribution in [1.82, 2.24) is 10.3 Å². The number of hydrogen-bond donors (Lipinski definition) is 1. The normalized spacial score (nSPS) is 13.8. The second-order valence-electron chi connectivity index (χ2n) is 6.81. The number of amides is 1. The molecule has 1 N–H and O–H groups in total. The predicted octanol–water partition coefficient (Wildman–Crippen LogP) is 5.68. The molecule has 0 fully saturated rings. The van der Waals surface area contributed by atoms with Gasteiger partial charge in [0.15, 0.2) is 14.5 Å². The fraction of sp³-hybridized carbons (Fsp3) is 0.429. The third-order valence-corrected chi connectivity index (χ3v) is 10.3. The van der Waals surface area contributed by atoms with Crippen LogP contribution in [0.25, 0.3) is 0 Å². The lowest BCUT2D eigenvalue weighted by molar-refractivity contribution is 0.0767. The van der Waals surface area contributed by atoms with Crippen molar-refractivity contribution in [2.75, 3.05) is 6.54 Å². The SMILES string of the molecule is CC[Si](CC)(CC)O[C@H](CNC(=O)c1cncc(Br)c1)[C@@H](F)c1ccccc1. The molecule has 1 amide bonds. The second-order valence-corrected chi connectivity index (χ2v) is 12.5. The second kappa shape index (κ2) is 10.8. The Kier molecular flexibility index (Phi) is 8.79. The molecule has 0 aliphatic rings. The molecule has 7 heteroatoms. The minimum absolute atomic E-state index is 0.107. The molecule has 28 heavy (non-hydrogen) atoms. The molecule has 1 aromatic heterocycles.